The van der Waals surface area contributed by atoms with Crippen LogP contribution in [0.1, 0.15) is 39.5 Å². The van der Waals surface area contributed by atoms with Gasteiger partial charge in [-0.15, -0.1) is 0 Å². The van der Waals surface area contributed by atoms with Gasteiger partial charge in [0.15, 0.2) is 0 Å². The van der Waals surface area contributed by atoms with Crippen molar-refractivity contribution in [2.75, 3.05) is 18.0 Å². The number of anilines is 1. The molecule has 1 aromatic rings. The fraction of sp³-hybridized carbons (Fsp3) is 0.692. The average molecular weight is 219 g/mol. The molecule has 1 aliphatic heterocycles. The third-order valence-corrected chi connectivity index (χ3v) is 3.47. The second-order valence-electron chi connectivity index (χ2n) is 5.13. The first-order valence-corrected chi connectivity index (χ1v) is 6.25. The Hall–Kier alpha value is -1.12. The summed E-state index contributed by atoms with van der Waals surface area (Å²) >= 11 is 0. The quantitative estimate of drug-likeness (QED) is 0.782. The van der Waals surface area contributed by atoms with Gasteiger partial charge in [0, 0.05) is 25.5 Å². The molecule has 0 bridgehead atoms. The van der Waals surface area contributed by atoms with E-state index in [1.807, 2.05) is 18.5 Å². The van der Waals surface area contributed by atoms with Crippen LogP contribution in [-0.2, 0) is 0 Å². The monoisotopic (exact) mass is 219 g/mol. The minimum absolute atomic E-state index is 0.451. The van der Waals surface area contributed by atoms with Crippen molar-refractivity contribution in [3.63, 3.8) is 0 Å². The van der Waals surface area contributed by atoms with E-state index in [4.69, 9.17) is 0 Å². The highest BCUT2D eigenvalue weighted by molar-refractivity contribution is 5.29. The predicted molar refractivity (Wildman–Crippen MR) is 66.5 cm³/mol. The van der Waals surface area contributed by atoms with Crippen LogP contribution < -0.4 is 4.90 Å². The van der Waals surface area contributed by atoms with Crippen molar-refractivity contribution in [2.24, 2.45) is 5.41 Å². The largest absolute Gasteiger partial charge is 0.340 e. The van der Waals surface area contributed by atoms with Gasteiger partial charge in [0.2, 0.25) is 5.95 Å². The van der Waals surface area contributed by atoms with E-state index in [1.54, 1.807) is 0 Å². The van der Waals surface area contributed by atoms with Crippen LogP contribution in [0.2, 0.25) is 0 Å². The highest BCUT2D eigenvalue weighted by Gasteiger charge is 2.30. The van der Waals surface area contributed by atoms with Crippen LogP contribution in [0.4, 0.5) is 5.95 Å². The van der Waals surface area contributed by atoms with Gasteiger partial charge < -0.3 is 4.90 Å². The lowest BCUT2D eigenvalue weighted by molar-refractivity contribution is 0.237. The van der Waals surface area contributed by atoms with Crippen molar-refractivity contribution in [3.8, 4) is 0 Å². The maximum Gasteiger partial charge on any atom is 0.225 e. The van der Waals surface area contributed by atoms with E-state index in [0.717, 1.165) is 19.0 Å². The molecule has 0 spiro atoms. The number of hydrogen-bond acceptors (Lipinski definition) is 3. The molecule has 0 saturated carbocycles. The summed E-state index contributed by atoms with van der Waals surface area (Å²) in [5.41, 5.74) is 0.451. The van der Waals surface area contributed by atoms with E-state index >= 15 is 0 Å². The van der Waals surface area contributed by atoms with Gasteiger partial charge >= 0.3 is 0 Å². The number of hydrogen-bond donors (Lipinski definition) is 0. The number of piperidine rings is 1. The Bertz CT molecular complexity index is 321. The van der Waals surface area contributed by atoms with Gasteiger partial charge in [-0.1, -0.05) is 20.3 Å². The number of rotatable bonds is 3. The molecule has 0 aliphatic carbocycles. The van der Waals surface area contributed by atoms with Gasteiger partial charge in [0.1, 0.15) is 0 Å². The van der Waals surface area contributed by atoms with Crippen LogP contribution in [0.25, 0.3) is 0 Å². The van der Waals surface area contributed by atoms with Crippen molar-refractivity contribution in [2.45, 2.75) is 39.5 Å². The van der Waals surface area contributed by atoms with E-state index < -0.39 is 0 Å². The Morgan fingerprint density at radius 2 is 2.12 bits per heavy atom. The minimum atomic E-state index is 0.451. The molecular formula is C13H21N3. The summed E-state index contributed by atoms with van der Waals surface area (Å²) in [6.45, 7) is 6.86. The van der Waals surface area contributed by atoms with Gasteiger partial charge in [-0.3, -0.25) is 0 Å². The van der Waals surface area contributed by atoms with Crippen molar-refractivity contribution >= 4 is 5.95 Å². The van der Waals surface area contributed by atoms with E-state index in [0.29, 0.717) is 5.41 Å². The Balaban J connectivity index is 2.07. The van der Waals surface area contributed by atoms with Crippen LogP contribution in [0, 0.1) is 5.41 Å². The van der Waals surface area contributed by atoms with Gasteiger partial charge in [-0.2, -0.15) is 0 Å². The second kappa shape index (κ2) is 4.81. The lowest BCUT2D eigenvalue weighted by Crippen LogP contribution is -2.42. The van der Waals surface area contributed by atoms with Gasteiger partial charge in [-0.25, -0.2) is 9.97 Å². The molecule has 2 rings (SSSR count). The molecule has 88 valence electrons. The molecule has 1 unspecified atom stereocenters. The Kier molecular flexibility index (Phi) is 3.42. The summed E-state index contributed by atoms with van der Waals surface area (Å²) in [6, 6.07) is 1.87. The highest BCUT2D eigenvalue weighted by atomic mass is 15.3. The SMILES string of the molecule is CCCC1(C)CCCN(c2ncccn2)C1. The zero-order chi connectivity index (χ0) is 11.4. The summed E-state index contributed by atoms with van der Waals surface area (Å²) in [4.78, 5) is 11.0. The molecule has 1 aromatic heterocycles. The first kappa shape index (κ1) is 11.4. The lowest BCUT2D eigenvalue weighted by Gasteiger charge is -2.40. The van der Waals surface area contributed by atoms with Crippen molar-refractivity contribution in [1.82, 2.24) is 9.97 Å². The molecule has 1 aliphatic rings. The van der Waals surface area contributed by atoms with Crippen molar-refractivity contribution < 1.29 is 0 Å². The zero-order valence-corrected chi connectivity index (χ0v) is 10.3. The third kappa shape index (κ3) is 2.52. The number of nitrogens with zero attached hydrogens (tertiary/aromatic N) is 3. The van der Waals surface area contributed by atoms with Crippen molar-refractivity contribution in [1.29, 1.82) is 0 Å². The van der Waals surface area contributed by atoms with E-state index in [1.165, 1.54) is 25.7 Å². The summed E-state index contributed by atoms with van der Waals surface area (Å²) < 4.78 is 0. The Morgan fingerprint density at radius 3 is 2.81 bits per heavy atom. The molecule has 0 N–H and O–H groups in total. The summed E-state index contributed by atoms with van der Waals surface area (Å²) in [6.07, 6.45) is 8.82. The Morgan fingerprint density at radius 1 is 1.38 bits per heavy atom. The van der Waals surface area contributed by atoms with Gasteiger partial charge in [0.05, 0.1) is 0 Å². The lowest BCUT2D eigenvalue weighted by atomic mass is 9.78. The van der Waals surface area contributed by atoms with Crippen LogP contribution in [0.5, 0.6) is 0 Å². The predicted octanol–water partition coefficient (Wildman–Crippen LogP) is 2.88. The topological polar surface area (TPSA) is 29.0 Å². The zero-order valence-electron chi connectivity index (χ0n) is 10.3. The van der Waals surface area contributed by atoms with E-state index in [9.17, 15) is 0 Å². The first-order valence-electron chi connectivity index (χ1n) is 6.25. The molecule has 0 amide bonds. The molecule has 1 fully saturated rings. The van der Waals surface area contributed by atoms with Crippen LogP contribution in [-0.4, -0.2) is 23.1 Å². The molecule has 0 aromatic carbocycles. The normalized spacial score (nSPS) is 25.8. The third-order valence-electron chi connectivity index (χ3n) is 3.47. The van der Waals surface area contributed by atoms with Crippen molar-refractivity contribution in [3.05, 3.63) is 18.5 Å². The highest BCUT2D eigenvalue weighted by Crippen LogP contribution is 2.34. The first-order chi connectivity index (χ1) is 7.73. The maximum absolute atomic E-state index is 4.34. The summed E-state index contributed by atoms with van der Waals surface area (Å²) in [5, 5.41) is 0. The van der Waals surface area contributed by atoms with Crippen LogP contribution >= 0.6 is 0 Å². The van der Waals surface area contributed by atoms with Gasteiger partial charge in [-0.05, 0) is 30.7 Å². The molecule has 3 nitrogen and oxygen atoms in total. The standard InChI is InChI=1S/C13H21N3/c1-3-6-13(2)7-4-10-16(11-13)12-14-8-5-9-15-12/h5,8-9H,3-4,6-7,10-11H2,1-2H3. The van der Waals surface area contributed by atoms with Gasteiger partial charge in [0.25, 0.3) is 0 Å². The molecule has 3 heteroatoms. The summed E-state index contributed by atoms with van der Waals surface area (Å²) in [7, 11) is 0. The second-order valence-corrected chi connectivity index (χ2v) is 5.13. The number of aromatic nitrogens is 2. The molecule has 2 heterocycles. The molecule has 1 atom stereocenters. The minimum Gasteiger partial charge on any atom is -0.340 e. The Labute approximate surface area is 97.9 Å². The van der Waals surface area contributed by atoms with E-state index in [-0.39, 0.29) is 0 Å². The molecule has 1 saturated heterocycles. The summed E-state index contributed by atoms with van der Waals surface area (Å²) in [5.74, 6) is 0.893. The average Bonchev–Trinajstić information content (AvgIpc) is 2.30. The molecular weight excluding hydrogens is 198 g/mol. The fourth-order valence-corrected chi connectivity index (χ4v) is 2.75. The maximum atomic E-state index is 4.34. The fourth-order valence-electron chi connectivity index (χ4n) is 2.75. The molecule has 16 heavy (non-hydrogen) atoms. The van der Waals surface area contributed by atoms with Crippen LogP contribution in [0.3, 0.4) is 0 Å². The van der Waals surface area contributed by atoms with Crippen LogP contribution in [0.15, 0.2) is 18.5 Å². The smallest absolute Gasteiger partial charge is 0.225 e. The molecule has 0 radical (unpaired) electrons. The van der Waals surface area contributed by atoms with E-state index in [2.05, 4.69) is 28.7 Å².